The first-order valence-corrected chi connectivity index (χ1v) is 7.18. The molecular weight excluding hydrogens is 242 g/mol. The maximum atomic E-state index is 12.1. The molecule has 1 aromatic rings. The van der Waals surface area contributed by atoms with Crippen LogP contribution in [0.2, 0.25) is 0 Å². The average Bonchev–Trinajstić information content (AvgIpc) is 3.12. The Bertz CT molecular complexity index is 405. The van der Waals surface area contributed by atoms with Gasteiger partial charge in [0, 0.05) is 25.3 Å². The SMILES string of the molecule is O=C(Cn1ccnn1)N1CCC(C2CCCN2)CC1. The summed E-state index contributed by atoms with van der Waals surface area (Å²) in [5.41, 5.74) is 0. The van der Waals surface area contributed by atoms with Crippen molar-refractivity contribution in [2.45, 2.75) is 38.3 Å². The number of rotatable bonds is 3. The van der Waals surface area contributed by atoms with Crippen molar-refractivity contribution in [2.75, 3.05) is 19.6 Å². The molecule has 6 heteroatoms. The highest BCUT2D eigenvalue weighted by Gasteiger charge is 2.29. The Kier molecular flexibility index (Phi) is 3.77. The van der Waals surface area contributed by atoms with Gasteiger partial charge in [-0.1, -0.05) is 5.21 Å². The van der Waals surface area contributed by atoms with Crippen LogP contribution in [0.25, 0.3) is 0 Å². The molecular formula is C13H21N5O. The van der Waals surface area contributed by atoms with E-state index in [1.807, 2.05) is 4.90 Å². The predicted octanol–water partition coefficient (Wildman–Crippen LogP) is 0.269. The van der Waals surface area contributed by atoms with E-state index in [2.05, 4.69) is 15.6 Å². The molecule has 3 heterocycles. The molecule has 0 aromatic carbocycles. The normalized spacial score (nSPS) is 24.8. The number of hydrogen-bond acceptors (Lipinski definition) is 4. The number of hydrogen-bond donors (Lipinski definition) is 1. The number of amides is 1. The van der Waals surface area contributed by atoms with Crippen molar-refractivity contribution >= 4 is 5.91 Å². The molecule has 1 N–H and O–H groups in total. The first-order chi connectivity index (χ1) is 9.33. The molecule has 0 aliphatic carbocycles. The molecule has 3 rings (SSSR count). The predicted molar refractivity (Wildman–Crippen MR) is 70.4 cm³/mol. The number of carbonyl (C=O) groups excluding carboxylic acids is 1. The summed E-state index contributed by atoms with van der Waals surface area (Å²) in [6.07, 6.45) is 8.19. The number of carbonyl (C=O) groups is 1. The number of aromatic nitrogens is 3. The summed E-state index contributed by atoms with van der Waals surface area (Å²) >= 11 is 0. The molecule has 2 fully saturated rings. The minimum Gasteiger partial charge on any atom is -0.341 e. The molecule has 0 spiro atoms. The van der Waals surface area contributed by atoms with Gasteiger partial charge in [-0.15, -0.1) is 5.10 Å². The number of nitrogens with one attached hydrogen (secondary N) is 1. The van der Waals surface area contributed by atoms with Crippen molar-refractivity contribution < 1.29 is 4.79 Å². The van der Waals surface area contributed by atoms with Gasteiger partial charge in [0.25, 0.3) is 0 Å². The lowest BCUT2D eigenvalue weighted by atomic mass is 9.88. The van der Waals surface area contributed by atoms with Gasteiger partial charge < -0.3 is 10.2 Å². The fourth-order valence-corrected chi connectivity index (χ4v) is 3.22. The van der Waals surface area contributed by atoms with Crippen LogP contribution < -0.4 is 5.32 Å². The number of piperidine rings is 1. The molecule has 2 aliphatic rings. The van der Waals surface area contributed by atoms with Crippen LogP contribution in [0.15, 0.2) is 12.4 Å². The zero-order valence-electron chi connectivity index (χ0n) is 11.2. The molecule has 1 unspecified atom stereocenters. The molecule has 0 radical (unpaired) electrons. The van der Waals surface area contributed by atoms with Gasteiger partial charge in [0.2, 0.25) is 5.91 Å². The second kappa shape index (κ2) is 5.69. The average molecular weight is 263 g/mol. The Morgan fingerprint density at radius 3 is 2.79 bits per heavy atom. The standard InChI is InChI=1S/C13H21N5O/c19-13(10-18-9-6-15-16-18)17-7-3-11(4-8-17)12-2-1-5-14-12/h6,9,11-12,14H,1-5,7-8,10H2. The van der Waals surface area contributed by atoms with Gasteiger partial charge in [0.05, 0.1) is 6.20 Å². The van der Waals surface area contributed by atoms with Gasteiger partial charge in [-0.2, -0.15) is 0 Å². The monoisotopic (exact) mass is 263 g/mol. The highest BCUT2D eigenvalue weighted by molar-refractivity contribution is 5.75. The van der Waals surface area contributed by atoms with Crippen molar-refractivity contribution in [1.82, 2.24) is 25.2 Å². The highest BCUT2D eigenvalue weighted by Crippen LogP contribution is 2.25. The highest BCUT2D eigenvalue weighted by atomic mass is 16.2. The summed E-state index contributed by atoms with van der Waals surface area (Å²) in [4.78, 5) is 14.1. The Hall–Kier alpha value is -1.43. The van der Waals surface area contributed by atoms with E-state index < -0.39 is 0 Å². The van der Waals surface area contributed by atoms with Crippen LogP contribution >= 0.6 is 0 Å². The fourth-order valence-electron chi connectivity index (χ4n) is 3.22. The smallest absolute Gasteiger partial charge is 0.244 e. The Balaban J connectivity index is 1.48. The van der Waals surface area contributed by atoms with E-state index in [9.17, 15) is 4.79 Å². The third-order valence-corrected chi connectivity index (χ3v) is 4.33. The molecule has 1 amide bonds. The summed E-state index contributed by atoms with van der Waals surface area (Å²) < 4.78 is 1.59. The molecule has 1 atom stereocenters. The molecule has 2 saturated heterocycles. The minimum atomic E-state index is 0.156. The second-order valence-corrected chi connectivity index (χ2v) is 5.52. The molecule has 19 heavy (non-hydrogen) atoms. The van der Waals surface area contributed by atoms with Crippen molar-refractivity contribution in [3.8, 4) is 0 Å². The second-order valence-electron chi connectivity index (χ2n) is 5.52. The van der Waals surface area contributed by atoms with E-state index in [1.165, 1.54) is 12.8 Å². The third kappa shape index (κ3) is 2.94. The van der Waals surface area contributed by atoms with Crippen LogP contribution in [0, 0.1) is 5.92 Å². The van der Waals surface area contributed by atoms with Crippen LogP contribution in [0.4, 0.5) is 0 Å². The van der Waals surface area contributed by atoms with Gasteiger partial charge in [0.15, 0.2) is 0 Å². The Labute approximate surface area is 113 Å². The largest absolute Gasteiger partial charge is 0.341 e. The maximum Gasteiger partial charge on any atom is 0.244 e. The quantitative estimate of drug-likeness (QED) is 0.850. The molecule has 6 nitrogen and oxygen atoms in total. The topological polar surface area (TPSA) is 63.1 Å². The maximum absolute atomic E-state index is 12.1. The van der Waals surface area contributed by atoms with Crippen LogP contribution in [-0.4, -0.2) is 51.5 Å². The van der Waals surface area contributed by atoms with Crippen LogP contribution in [0.3, 0.4) is 0 Å². The van der Waals surface area contributed by atoms with Gasteiger partial charge >= 0.3 is 0 Å². The molecule has 0 saturated carbocycles. The lowest BCUT2D eigenvalue weighted by Gasteiger charge is -2.34. The number of likely N-dealkylation sites (tertiary alicyclic amines) is 1. The molecule has 0 bridgehead atoms. The lowest BCUT2D eigenvalue weighted by molar-refractivity contribution is -0.133. The van der Waals surface area contributed by atoms with Crippen molar-refractivity contribution in [3.63, 3.8) is 0 Å². The van der Waals surface area contributed by atoms with Gasteiger partial charge in [-0.25, -0.2) is 4.68 Å². The zero-order valence-corrected chi connectivity index (χ0v) is 11.2. The van der Waals surface area contributed by atoms with E-state index in [0.717, 1.165) is 38.4 Å². The van der Waals surface area contributed by atoms with Crippen molar-refractivity contribution in [3.05, 3.63) is 12.4 Å². The van der Waals surface area contributed by atoms with E-state index in [1.54, 1.807) is 17.1 Å². The molecule has 1 aromatic heterocycles. The third-order valence-electron chi connectivity index (χ3n) is 4.33. The summed E-state index contributed by atoms with van der Waals surface area (Å²) in [6, 6.07) is 0.688. The summed E-state index contributed by atoms with van der Waals surface area (Å²) in [5.74, 6) is 0.904. The number of nitrogens with zero attached hydrogens (tertiary/aromatic N) is 4. The van der Waals surface area contributed by atoms with Crippen molar-refractivity contribution in [1.29, 1.82) is 0 Å². The van der Waals surface area contributed by atoms with Gasteiger partial charge in [-0.3, -0.25) is 4.79 Å². The Morgan fingerprint density at radius 1 is 1.32 bits per heavy atom. The fraction of sp³-hybridized carbons (Fsp3) is 0.769. The van der Waals surface area contributed by atoms with E-state index in [0.29, 0.717) is 12.6 Å². The van der Waals surface area contributed by atoms with Gasteiger partial charge in [-0.05, 0) is 38.1 Å². The summed E-state index contributed by atoms with van der Waals surface area (Å²) in [6.45, 7) is 3.25. The van der Waals surface area contributed by atoms with Crippen molar-refractivity contribution in [2.24, 2.45) is 5.92 Å². The van der Waals surface area contributed by atoms with E-state index in [4.69, 9.17) is 0 Å². The first kappa shape index (κ1) is 12.6. The van der Waals surface area contributed by atoms with Crippen LogP contribution in [0.1, 0.15) is 25.7 Å². The molecule has 2 aliphatic heterocycles. The first-order valence-electron chi connectivity index (χ1n) is 7.18. The zero-order chi connectivity index (χ0) is 13.1. The molecule has 104 valence electrons. The van der Waals surface area contributed by atoms with Crippen LogP contribution in [0.5, 0.6) is 0 Å². The lowest BCUT2D eigenvalue weighted by Crippen LogP contribution is -2.44. The minimum absolute atomic E-state index is 0.156. The Morgan fingerprint density at radius 2 is 2.16 bits per heavy atom. The summed E-state index contributed by atoms with van der Waals surface area (Å²) in [7, 11) is 0. The van der Waals surface area contributed by atoms with Crippen LogP contribution in [-0.2, 0) is 11.3 Å². The van der Waals surface area contributed by atoms with Gasteiger partial charge in [0.1, 0.15) is 6.54 Å². The van der Waals surface area contributed by atoms with E-state index in [-0.39, 0.29) is 5.91 Å². The van der Waals surface area contributed by atoms with E-state index >= 15 is 0 Å². The summed E-state index contributed by atoms with van der Waals surface area (Å²) in [5, 5.41) is 11.1.